The lowest BCUT2D eigenvalue weighted by Gasteiger charge is -2.36. The number of rotatable bonds is 3. The van der Waals surface area contributed by atoms with Gasteiger partial charge in [-0.3, -0.25) is 4.90 Å². The molecule has 0 radical (unpaired) electrons. The van der Waals surface area contributed by atoms with E-state index in [0.717, 1.165) is 25.1 Å². The third kappa shape index (κ3) is 1.85. The molecule has 0 bridgehead atoms. The lowest BCUT2D eigenvalue weighted by Crippen LogP contribution is -2.45. The number of hydrogen-bond donors (Lipinski definition) is 1. The fraction of sp³-hybridized carbons (Fsp3) is 0.538. The molecule has 0 aliphatic carbocycles. The molecule has 2 rings (SSSR count). The summed E-state index contributed by atoms with van der Waals surface area (Å²) in [6, 6.07) is 7.00. The SMILES string of the molecule is CNCC1(c2cccc(F)c2)CCCN1C. The Kier molecular flexibility index (Phi) is 3.26. The maximum Gasteiger partial charge on any atom is 0.123 e. The van der Waals surface area contributed by atoms with E-state index in [4.69, 9.17) is 0 Å². The number of benzene rings is 1. The molecule has 1 fully saturated rings. The van der Waals surface area contributed by atoms with Gasteiger partial charge in [0.1, 0.15) is 5.82 Å². The Labute approximate surface area is 96.5 Å². The summed E-state index contributed by atoms with van der Waals surface area (Å²) in [6.45, 7) is 1.95. The molecule has 1 N–H and O–H groups in total. The van der Waals surface area contributed by atoms with Crippen LogP contribution in [0.2, 0.25) is 0 Å². The van der Waals surface area contributed by atoms with Crippen LogP contribution in [-0.4, -0.2) is 32.1 Å². The first-order chi connectivity index (χ1) is 7.69. The molecule has 1 heterocycles. The molecule has 1 aromatic rings. The molecule has 2 nitrogen and oxygen atoms in total. The molecule has 16 heavy (non-hydrogen) atoms. The van der Waals surface area contributed by atoms with Gasteiger partial charge < -0.3 is 5.32 Å². The van der Waals surface area contributed by atoms with Crippen LogP contribution in [0.3, 0.4) is 0 Å². The van der Waals surface area contributed by atoms with Crippen LogP contribution in [0.5, 0.6) is 0 Å². The standard InChI is InChI=1S/C13H19FN2/c1-15-10-13(7-4-8-16(13)2)11-5-3-6-12(14)9-11/h3,5-6,9,15H,4,7-8,10H2,1-2H3. The quantitative estimate of drug-likeness (QED) is 0.841. The number of nitrogens with one attached hydrogen (secondary N) is 1. The summed E-state index contributed by atoms with van der Waals surface area (Å²) >= 11 is 0. The molecule has 88 valence electrons. The van der Waals surface area contributed by atoms with E-state index in [9.17, 15) is 4.39 Å². The maximum atomic E-state index is 13.3. The van der Waals surface area contributed by atoms with Crippen LogP contribution < -0.4 is 5.32 Å². The fourth-order valence-corrected chi connectivity index (χ4v) is 2.77. The molecular weight excluding hydrogens is 203 g/mol. The lowest BCUT2D eigenvalue weighted by atomic mass is 9.87. The van der Waals surface area contributed by atoms with Crippen molar-refractivity contribution in [3.05, 3.63) is 35.6 Å². The Morgan fingerprint density at radius 2 is 2.31 bits per heavy atom. The Morgan fingerprint density at radius 3 is 2.88 bits per heavy atom. The van der Waals surface area contributed by atoms with E-state index in [2.05, 4.69) is 17.3 Å². The van der Waals surface area contributed by atoms with E-state index in [0.29, 0.717) is 0 Å². The topological polar surface area (TPSA) is 15.3 Å². The minimum absolute atomic E-state index is 0.0309. The van der Waals surface area contributed by atoms with E-state index in [1.807, 2.05) is 13.1 Å². The molecule has 1 atom stereocenters. The van der Waals surface area contributed by atoms with Gasteiger partial charge in [0.2, 0.25) is 0 Å². The van der Waals surface area contributed by atoms with Gasteiger partial charge in [0, 0.05) is 6.54 Å². The van der Waals surface area contributed by atoms with Crippen LogP contribution in [0.25, 0.3) is 0 Å². The highest BCUT2D eigenvalue weighted by Crippen LogP contribution is 2.37. The van der Waals surface area contributed by atoms with Crippen LogP contribution in [0.15, 0.2) is 24.3 Å². The Morgan fingerprint density at radius 1 is 1.50 bits per heavy atom. The average Bonchev–Trinajstić information content (AvgIpc) is 2.62. The summed E-state index contributed by atoms with van der Waals surface area (Å²) < 4.78 is 13.3. The van der Waals surface area contributed by atoms with Crippen molar-refractivity contribution in [2.75, 3.05) is 27.2 Å². The highest BCUT2D eigenvalue weighted by molar-refractivity contribution is 5.27. The number of likely N-dealkylation sites (N-methyl/N-ethyl adjacent to an activating group) is 2. The first-order valence-electron chi connectivity index (χ1n) is 5.81. The van der Waals surface area contributed by atoms with E-state index in [1.54, 1.807) is 12.1 Å². The molecular formula is C13H19FN2. The molecule has 3 heteroatoms. The van der Waals surface area contributed by atoms with Crippen molar-refractivity contribution in [3.8, 4) is 0 Å². The van der Waals surface area contributed by atoms with Crippen LogP contribution in [0.1, 0.15) is 18.4 Å². The molecule has 1 saturated heterocycles. The second kappa shape index (κ2) is 4.52. The monoisotopic (exact) mass is 222 g/mol. The van der Waals surface area contributed by atoms with Crippen molar-refractivity contribution in [3.63, 3.8) is 0 Å². The van der Waals surface area contributed by atoms with Gasteiger partial charge in [-0.2, -0.15) is 0 Å². The van der Waals surface area contributed by atoms with E-state index in [1.165, 1.54) is 12.5 Å². The van der Waals surface area contributed by atoms with Gasteiger partial charge in [-0.1, -0.05) is 12.1 Å². The van der Waals surface area contributed by atoms with Gasteiger partial charge in [0.25, 0.3) is 0 Å². The first kappa shape index (κ1) is 11.6. The van der Waals surface area contributed by atoms with Crippen molar-refractivity contribution in [1.82, 2.24) is 10.2 Å². The zero-order valence-electron chi connectivity index (χ0n) is 9.96. The number of nitrogens with zero attached hydrogens (tertiary/aromatic N) is 1. The van der Waals surface area contributed by atoms with Gasteiger partial charge in [-0.05, 0) is 51.2 Å². The summed E-state index contributed by atoms with van der Waals surface area (Å²) in [5.41, 5.74) is 1.05. The van der Waals surface area contributed by atoms with Crippen LogP contribution >= 0.6 is 0 Å². The number of halogens is 1. The summed E-state index contributed by atoms with van der Waals surface area (Å²) in [5.74, 6) is -0.145. The molecule has 1 unspecified atom stereocenters. The predicted molar refractivity (Wildman–Crippen MR) is 63.9 cm³/mol. The van der Waals surface area contributed by atoms with Gasteiger partial charge >= 0.3 is 0 Å². The predicted octanol–water partition coefficient (Wildman–Crippen LogP) is 1.97. The smallest absolute Gasteiger partial charge is 0.123 e. The molecule has 0 saturated carbocycles. The van der Waals surface area contributed by atoms with E-state index < -0.39 is 0 Å². The molecule has 0 spiro atoms. The molecule has 0 amide bonds. The second-order valence-corrected chi connectivity index (χ2v) is 4.60. The minimum atomic E-state index is -0.145. The van der Waals surface area contributed by atoms with Crippen LogP contribution in [0.4, 0.5) is 4.39 Å². The highest BCUT2D eigenvalue weighted by atomic mass is 19.1. The second-order valence-electron chi connectivity index (χ2n) is 4.60. The zero-order chi connectivity index (χ0) is 11.6. The van der Waals surface area contributed by atoms with Gasteiger partial charge in [-0.15, -0.1) is 0 Å². The summed E-state index contributed by atoms with van der Waals surface area (Å²) in [6.07, 6.45) is 2.27. The maximum absolute atomic E-state index is 13.3. The Bertz CT molecular complexity index is 367. The molecule has 1 aromatic carbocycles. The van der Waals surface area contributed by atoms with Gasteiger partial charge in [-0.25, -0.2) is 4.39 Å². The number of likely N-dealkylation sites (tertiary alicyclic amines) is 1. The average molecular weight is 222 g/mol. The molecule has 0 aromatic heterocycles. The molecule has 1 aliphatic rings. The third-order valence-electron chi connectivity index (χ3n) is 3.65. The van der Waals surface area contributed by atoms with Crippen LogP contribution in [-0.2, 0) is 5.54 Å². The summed E-state index contributed by atoms with van der Waals surface area (Å²) in [7, 11) is 4.07. The van der Waals surface area contributed by atoms with Crippen molar-refractivity contribution in [2.45, 2.75) is 18.4 Å². The minimum Gasteiger partial charge on any atom is -0.318 e. The third-order valence-corrected chi connectivity index (χ3v) is 3.65. The van der Waals surface area contributed by atoms with Crippen molar-refractivity contribution < 1.29 is 4.39 Å². The summed E-state index contributed by atoms with van der Waals surface area (Å²) in [4.78, 5) is 2.33. The normalized spacial score (nSPS) is 26.2. The first-order valence-corrected chi connectivity index (χ1v) is 5.81. The van der Waals surface area contributed by atoms with E-state index >= 15 is 0 Å². The van der Waals surface area contributed by atoms with Crippen molar-refractivity contribution in [2.24, 2.45) is 0 Å². The Balaban J connectivity index is 2.39. The van der Waals surface area contributed by atoms with Crippen molar-refractivity contribution in [1.29, 1.82) is 0 Å². The van der Waals surface area contributed by atoms with Crippen molar-refractivity contribution >= 4 is 0 Å². The van der Waals surface area contributed by atoms with Gasteiger partial charge in [0.15, 0.2) is 0 Å². The van der Waals surface area contributed by atoms with E-state index in [-0.39, 0.29) is 11.4 Å². The Hall–Kier alpha value is -0.930. The highest BCUT2D eigenvalue weighted by Gasteiger charge is 2.39. The lowest BCUT2D eigenvalue weighted by molar-refractivity contribution is 0.172. The fourth-order valence-electron chi connectivity index (χ4n) is 2.77. The van der Waals surface area contributed by atoms with Crippen LogP contribution in [0, 0.1) is 5.82 Å². The van der Waals surface area contributed by atoms with Gasteiger partial charge in [0.05, 0.1) is 5.54 Å². The largest absolute Gasteiger partial charge is 0.318 e. The summed E-state index contributed by atoms with van der Waals surface area (Å²) in [5, 5.41) is 3.23. The zero-order valence-corrected chi connectivity index (χ0v) is 9.96. The molecule has 1 aliphatic heterocycles. The number of hydrogen-bond acceptors (Lipinski definition) is 2.